The largest absolute Gasteiger partial charge is 0.573 e. The van der Waals surface area contributed by atoms with Crippen LogP contribution in [0.4, 0.5) is 26.3 Å². The van der Waals surface area contributed by atoms with Crippen LogP contribution in [0.2, 0.25) is 30.1 Å². The molecule has 0 spiro atoms. The molecule has 1 atom stereocenters. The maximum atomic E-state index is 13.1. The van der Waals surface area contributed by atoms with Crippen LogP contribution in [0.3, 0.4) is 0 Å². The van der Waals surface area contributed by atoms with Gasteiger partial charge in [0.1, 0.15) is 55.2 Å². The van der Waals surface area contributed by atoms with E-state index in [-0.39, 0.29) is 117 Å². The Morgan fingerprint density at radius 1 is 0.509 bits per heavy atom. The Kier molecular flexibility index (Phi) is 34.3. The lowest BCUT2D eigenvalue weighted by Gasteiger charge is -2.25. The second kappa shape index (κ2) is 42.0. The van der Waals surface area contributed by atoms with E-state index in [1.54, 1.807) is 86.1 Å². The summed E-state index contributed by atoms with van der Waals surface area (Å²) in [5.74, 6) is -2.37. The van der Waals surface area contributed by atoms with Gasteiger partial charge in [0.05, 0.1) is 80.5 Å². The number of Topliss-reactive ketones (excluding diaryl/α,β-unsaturated/α-hetero) is 3. The molecule has 3 aromatic heterocycles. The molecule has 2 amide bonds. The number of carboxylic acids is 1. The minimum atomic E-state index is -4.87. The van der Waals surface area contributed by atoms with Gasteiger partial charge in [0.25, 0.3) is 17.6 Å². The fourth-order valence-corrected chi connectivity index (χ4v) is 11.2. The predicted molar refractivity (Wildman–Crippen MR) is 430 cm³/mol. The Morgan fingerprint density at radius 2 is 0.879 bits per heavy atom. The number of nitrogens with two attached hydrogens (primary N) is 1. The number of carboxylic acid groups (broad SMARTS) is 1. The molecule has 10 rings (SSSR count). The molecule has 10 aromatic rings. The number of ether oxygens (including phenoxy) is 6. The maximum absolute atomic E-state index is 13.1. The lowest BCUT2D eigenvalue weighted by molar-refractivity contribution is -0.275. The summed E-state index contributed by atoms with van der Waals surface area (Å²) >= 11 is 40.3. The summed E-state index contributed by atoms with van der Waals surface area (Å²) in [4.78, 5) is 83.5. The van der Waals surface area contributed by atoms with Gasteiger partial charge in [0.15, 0.2) is 34.6 Å². The number of phenols is 1. The Bertz CT molecular complexity index is 5000. The van der Waals surface area contributed by atoms with Gasteiger partial charge < -0.3 is 55.0 Å². The van der Waals surface area contributed by atoms with Gasteiger partial charge in [0.2, 0.25) is 11.6 Å². The van der Waals surface area contributed by atoms with Crippen molar-refractivity contribution >= 4 is 121 Å². The van der Waals surface area contributed by atoms with Crippen molar-refractivity contribution in [3.05, 3.63) is 222 Å². The third-order valence-electron chi connectivity index (χ3n) is 15.4. The van der Waals surface area contributed by atoms with Gasteiger partial charge >= 0.3 is 18.7 Å². The monoisotopic (exact) mass is 1800 g/mol. The molecule has 0 fully saturated rings. The number of benzene rings is 7. The van der Waals surface area contributed by atoms with E-state index in [4.69, 9.17) is 99.4 Å². The van der Waals surface area contributed by atoms with Crippen molar-refractivity contribution in [3.8, 4) is 57.3 Å². The van der Waals surface area contributed by atoms with E-state index in [0.717, 1.165) is 40.3 Å². The van der Waals surface area contributed by atoms with Crippen LogP contribution in [0.5, 0.6) is 40.2 Å². The average molecular weight is 1810 g/mol. The molecule has 0 aliphatic heterocycles. The van der Waals surface area contributed by atoms with E-state index in [0.29, 0.717) is 39.5 Å². The van der Waals surface area contributed by atoms with E-state index in [9.17, 15) is 60.2 Å². The van der Waals surface area contributed by atoms with Crippen molar-refractivity contribution < 1.29 is 96.6 Å². The number of aromatic hydroxyl groups is 1. The predicted octanol–water partition coefficient (Wildman–Crippen LogP) is 18.0. The number of amides is 2. The van der Waals surface area contributed by atoms with Gasteiger partial charge in [-0.3, -0.25) is 24.0 Å². The van der Waals surface area contributed by atoms with Gasteiger partial charge in [-0.05, 0) is 114 Å². The molecule has 39 heteroatoms. The quantitative estimate of drug-likeness (QED) is 0.0277. The molecule has 3 heterocycles. The fourth-order valence-electron chi connectivity index (χ4n) is 9.24. The number of carbonyl (C=O) groups excluding carboxylic acids is 5. The van der Waals surface area contributed by atoms with Gasteiger partial charge in [-0.15, -0.1) is 41.6 Å². The highest BCUT2D eigenvalue weighted by molar-refractivity contribution is 9.08. The van der Waals surface area contributed by atoms with Crippen LogP contribution < -0.4 is 44.8 Å². The van der Waals surface area contributed by atoms with Crippen LogP contribution in [0, 0.1) is 16.2 Å². The Morgan fingerprint density at radius 3 is 1.22 bits per heavy atom. The molecule has 6 N–H and O–H groups in total. The van der Waals surface area contributed by atoms with E-state index in [2.05, 4.69) is 66.3 Å². The third-order valence-corrected chi connectivity index (χ3v) is 17.8. The summed E-state index contributed by atoms with van der Waals surface area (Å²) in [6.07, 6.45) is -5.74. The number of methoxy groups -OCH3 is 2. The number of phenolic OH excluding ortho intramolecular Hbond substituents is 1. The number of nitrogens with zero attached hydrogens (tertiary/aromatic N) is 9. The van der Waals surface area contributed by atoms with E-state index in [1.165, 1.54) is 75.5 Å². The number of aromatic carboxylic acids is 1. The highest BCUT2D eigenvalue weighted by Gasteiger charge is 2.35. The number of rotatable bonds is 24. The Hall–Kier alpha value is -10.3. The number of hydrogen-bond acceptors (Lipinski definition) is 20. The number of aromatic nitrogens is 9. The molecule has 0 radical (unpaired) electrons. The average Bonchev–Trinajstić information content (AvgIpc) is 1.62. The fraction of sp³-hybridized carbons (Fsp3) is 0.299. The molecule has 26 nitrogen and oxygen atoms in total. The first-order chi connectivity index (χ1) is 54.2. The van der Waals surface area contributed by atoms with Crippen LogP contribution in [-0.2, 0) is 39.3 Å². The summed E-state index contributed by atoms with van der Waals surface area (Å²) in [6.45, 7) is 16.5. The maximum Gasteiger partial charge on any atom is 0.573 e. The molecule has 0 aliphatic rings. The van der Waals surface area contributed by atoms with Crippen LogP contribution in [0.25, 0.3) is 17.1 Å². The molecule has 0 aliphatic carbocycles. The third kappa shape index (κ3) is 29.8. The van der Waals surface area contributed by atoms with Crippen molar-refractivity contribution in [2.45, 2.75) is 106 Å². The van der Waals surface area contributed by atoms with Crippen LogP contribution >= 0.6 is 85.5 Å². The number of nitrogens with one attached hydrogen (secondary N) is 2. The molecule has 7 aromatic carbocycles. The van der Waals surface area contributed by atoms with Crippen molar-refractivity contribution in [2.75, 3.05) is 27.3 Å². The highest BCUT2D eigenvalue weighted by atomic mass is 79.9. The first-order valence-corrected chi connectivity index (χ1v) is 37.4. The highest BCUT2D eigenvalue weighted by Crippen LogP contribution is 2.39. The summed E-state index contributed by atoms with van der Waals surface area (Å²) in [7, 11) is 3.20. The van der Waals surface area contributed by atoms with Crippen molar-refractivity contribution in [2.24, 2.45) is 22.0 Å². The molecular weight excluding hydrogens is 1720 g/mol. The second-order valence-corrected chi connectivity index (χ2v) is 30.5. The summed E-state index contributed by atoms with van der Waals surface area (Å²) in [5.41, 5.74) is 7.64. The minimum absolute atomic E-state index is 0. The second-order valence-electron chi connectivity index (χ2n) is 27.5. The van der Waals surface area contributed by atoms with Gasteiger partial charge in [-0.1, -0.05) is 196 Å². The Labute approximate surface area is 702 Å². The number of halogens is 13. The molecular formula is C77H81BrCl6F6N12O14. The number of hydrogen-bond donors (Lipinski definition) is 5. The zero-order valence-corrected chi connectivity index (χ0v) is 69.7. The molecule has 624 valence electrons. The van der Waals surface area contributed by atoms with Crippen molar-refractivity contribution in [1.29, 1.82) is 0 Å². The first kappa shape index (κ1) is 94.6. The van der Waals surface area contributed by atoms with Crippen molar-refractivity contribution in [3.63, 3.8) is 0 Å². The molecule has 116 heavy (non-hydrogen) atoms. The lowest BCUT2D eigenvalue weighted by Crippen LogP contribution is -2.47. The lowest BCUT2D eigenvalue weighted by atomic mass is 9.84. The standard InChI is InChI=1S/C23H21Cl2F3N4O4.C23H24Cl2N4O4.C17H13Cl2N3O4.C8H6BrF3O.C6H13NO.2H2/c1-22(2,3)19(34)17(8-12-5-4-6-14(7-12)36-23(26,27)28)30-21(35)20-29-11-32(31-20)13-9-15(24)18(33)16(25)10-13;1-23(2,3)19(30)11-26-22(31)21-27-13-29(28-21)15-9-17(24)20(18(25)10-15)33-12-14-5-7-16(32-4)8-6-14;1-25-12-4-2-10(3-5-12)8-26-15-13(18)6-11(7-14(15)19)22-9-20-16(21-22)17(23)24;9-5-6-2-1-3-7(4-6)13-8(10,11)12;1-6(2,3)5(8)4-7;;/h4-7,9-11,17,33H,8H2,1-3H3,(H,30,35);5-10,13H,11-12H2,1-4H3,(H,26,31);2-7,9H,8H2,1H3,(H,23,24);1-4H,5H2;4,7H2,1-3H3;2*1H/i;;;;;1+1;. The van der Waals surface area contributed by atoms with Crippen LogP contribution in [0.15, 0.2) is 152 Å². The smallest absolute Gasteiger partial charge is 0.505 e. The zero-order chi connectivity index (χ0) is 86.4. The normalized spacial score (nSPS) is 11.6. The first-order valence-electron chi connectivity index (χ1n) is 34.0. The van der Waals surface area contributed by atoms with Gasteiger partial charge in [-0.2, -0.15) is 0 Å². The number of ketones is 3. The van der Waals surface area contributed by atoms with E-state index >= 15 is 0 Å². The SMILES string of the molecule is CC(C)(C)C(=O)C(Cc1cccc(OC(F)(F)F)c1)NC(=O)c1ncn(-c2cc(Cl)c(O)c(Cl)c2)n1.CC(C)(C)C(=O)CN.COc1ccc(COc2c(Cl)cc(-n3cnc(C(=O)NCC(=O)C(C)(C)C)n3)cc2Cl)cc1.COc1ccc(COc2c(Cl)cc(-n3cnc(C(=O)O)n3)cc2Cl)cc1.FC(F)(F)Oc1cccc(CBr)c1.[2HH].[HH]. The van der Waals surface area contributed by atoms with Crippen LogP contribution in [-0.4, -0.2) is 136 Å². The summed E-state index contributed by atoms with van der Waals surface area (Å²) < 4.78 is 106. The molecule has 0 saturated heterocycles. The minimum Gasteiger partial charge on any atom is -0.505 e. The van der Waals surface area contributed by atoms with Gasteiger partial charge in [-0.25, -0.2) is 33.8 Å². The number of carbonyl (C=O) groups is 6. The van der Waals surface area contributed by atoms with E-state index in [1.807, 2.05) is 69.3 Å². The van der Waals surface area contributed by atoms with Crippen molar-refractivity contribution in [1.82, 2.24) is 54.9 Å². The molecule has 1 unspecified atom stereocenters. The Balaban J connectivity index is 0.000000331. The van der Waals surface area contributed by atoms with Crippen LogP contribution in [0.1, 0.15) is 119 Å². The molecule has 0 saturated carbocycles. The summed E-state index contributed by atoms with van der Waals surface area (Å²) in [5, 5.41) is 37.3. The summed E-state index contributed by atoms with van der Waals surface area (Å²) in [6, 6.07) is 33.8. The number of alkyl halides is 7. The topological polar surface area (TPSA) is 340 Å². The molecule has 0 bridgehead atoms. The van der Waals surface area contributed by atoms with E-state index < -0.39 is 53.1 Å². The van der Waals surface area contributed by atoms with Gasteiger partial charge in [0, 0.05) is 24.4 Å². The zero-order valence-electron chi connectivity index (χ0n) is 63.6.